The van der Waals surface area contributed by atoms with Gasteiger partial charge in [-0.05, 0) is 32.9 Å². The van der Waals surface area contributed by atoms with Crippen LogP contribution in [0.15, 0.2) is 42.6 Å². The number of aromatic hydroxyl groups is 1. The van der Waals surface area contributed by atoms with E-state index in [1.165, 1.54) is 0 Å². The van der Waals surface area contributed by atoms with Crippen LogP contribution in [0.3, 0.4) is 0 Å². The molecule has 0 bridgehead atoms. The number of nitrogens with zero attached hydrogens (tertiary/aromatic N) is 1. The molecule has 1 heterocycles. The second-order valence-electron chi connectivity index (χ2n) is 5.30. The van der Waals surface area contributed by atoms with Gasteiger partial charge < -0.3 is 15.2 Å². The number of para-hydroxylation sites is 1. The van der Waals surface area contributed by atoms with E-state index in [9.17, 15) is 5.11 Å². The number of phenolic OH excluding ortho intramolecular Hbond substituents is 1. The Morgan fingerprint density at radius 2 is 1.90 bits per heavy atom. The monoisotopic (exact) mass is 286 g/mol. The third-order valence-corrected chi connectivity index (χ3v) is 3.20. The lowest BCUT2D eigenvalue weighted by atomic mass is 10.1. The van der Waals surface area contributed by atoms with Crippen molar-refractivity contribution in [2.45, 2.75) is 39.5 Å². The highest BCUT2D eigenvalue weighted by molar-refractivity contribution is 5.34. The molecule has 0 saturated carbocycles. The van der Waals surface area contributed by atoms with E-state index in [1.54, 1.807) is 12.3 Å². The van der Waals surface area contributed by atoms with Gasteiger partial charge >= 0.3 is 0 Å². The first-order valence-electron chi connectivity index (χ1n) is 7.19. The molecule has 2 N–H and O–H groups in total. The largest absolute Gasteiger partial charge is 0.508 e. The zero-order chi connectivity index (χ0) is 15.2. The van der Waals surface area contributed by atoms with Crippen molar-refractivity contribution in [1.29, 1.82) is 0 Å². The number of ether oxygens (including phenoxy) is 1. The topological polar surface area (TPSA) is 54.4 Å². The van der Waals surface area contributed by atoms with Gasteiger partial charge in [0, 0.05) is 29.9 Å². The minimum absolute atomic E-state index is 0.0401. The standard InChI is InChI=1S/C17H22N2O2/c1-12(2)21-17-14(7-6-10-18-17)11-19-13(3)15-8-4-5-9-16(15)20/h4-10,12-13,19-20H,11H2,1-3H3. The average Bonchev–Trinajstić information content (AvgIpc) is 2.46. The fraction of sp³-hybridized carbons (Fsp3) is 0.353. The summed E-state index contributed by atoms with van der Waals surface area (Å²) in [6.45, 7) is 6.62. The minimum atomic E-state index is 0.0401. The number of hydrogen-bond donors (Lipinski definition) is 2. The summed E-state index contributed by atoms with van der Waals surface area (Å²) in [5, 5.41) is 13.3. The number of aromatic nitrogens is 1. The van der Waals surface area contributed by atoms with Gasteiger partial charge in [0.25, 0.3) is 0 Å². The molecule has 0 aliphatic rings. The van der Waals surface area contributed by atoms with E-state index < -0.39 is 0 Å². The van der Waals surface area contributed by atoms with E-state index in [1.807, 2.05) is 51.1 Å². The van der Waals surface area contributed by atoms with Crippen molar-refractivity contribution in [1.82, 2.24) is 10.3 Å². The zero-order valence-electron chi connectivity index (χ0n) is 12.7. The summed E-state index contributed by atoms with van der Waals surface area (Å²) in [5.41, 5.74) is 1.89. The van der Waals surface area contributed by atoms with Gasteiger partial charge in [-0.2, -0.15) is 0 Å². The third-order valence-electron chi connectivity index (χ3n) is 3.20. The van der Waals surface area contributed by atoms with Crippen molar-refractivity contribution in [2.75, 3.05) is 0 Å². The number of phenols is 1. The highest BCUT2D eigenvalue weighted by Gasteiger charge is 2.11. The predicted molar refractivity (Wildman–Crippen MR) is 83.4 cm³/mol. The summed E-state index contributed by atoms with van der Waals surface area (Å²) < 4.78 is 5.71. The van der Waals surface area contributed by atoms with Gasteiger partial charge in [0.1, 0.15) is 5.75 Å². The molecule has 112 valence electrons. The Morgan fingerprint density at radius 3 is 2.62 bits per heavy atom. The summed E-state index contributed by atoms with van der Waals surface area (Å²) >= 11 is 0. The Labute approximate surface area is 125 Å². The van der Waals surface area contributed by atoms with Crippen LogP contribution in [0.4, 0.5) is 0 Å². The van der Waals surface area contributed by atoms with Crippen molar-refractivity contribution in [2.24, 2.45) is 0 Å². The SMILES string of the molecule is CC(C)Oc1ncccc1CNC(C)c1ccccc1O. The molecule has 1 aromatic carbocycles. The van der Waals surface area contributed by atoms with Crippen LogP contribution in [-0.4, -0.2) is 16.2 Å². The average molecular weight is 286 g/mol. The number of nitrogens with one attached hydrogen (secondary N) is 1. The second kappa shape index (κ2) is 7.09. The molecular weight excluding hydrogens is 264 g/mol. The van der Waals surface area contributed by atoms with Crippen molar-refractivity contribution in [3.05, 3.63) is 53.7 Å². The first-order valence-corrected chi connectivity index (χ1v) is 7.19. The lowest BCUT2D eigenvalue weighted by Gasteiger charge is -2.17. The molecule has 0 spiro atoms. The molecule has 21 heavy (non-hydrogen) atoms. The predicted octanol–water partition coefficient (Wildman–Crippen LogP) is 3.43. The Balaban J connectivity index is 2.05. The zero-order valence-corrected chi connectivity index (χ0v) is 12.7. The molecule has 0 aliphatic heterocycles. The van der Waals surface area contributed by atoms with Gasteiger partial charge in [0.2, 0.25) is 5.88 Å². The maximum absolute atomic E-state index is 9.87. The fourth-order valence-corrected chi connectivity index (χ4v) is 2.11. The van der Waals surface area contributed by atoms with Gasteiger partial charge in [-0.15, -0.1) is 0 Å². The maximum Gasteiger partial charge on any atom is 0.218 e. The number of pyridine rings is 1. The van der Waals surface area contributed by atoms with Crippen molar-refractivity contribution >= 4 is 0 Å². The Kier molecular flexibility index (Phi) is 5.17. The van der Waals surface area contributed by atoms with E-state index in [0.717, 1.165) is 11.1 Å². The molecule has 4 heteroatoms. The van der Waals surface area contributed by atoms with Crippen molar-refractivity contribution in [3.8, 4) is 11.6 Å². The summed E-state index contributed by atoms with van der Waals surface area (Å²) in [6.07, 6.45) is 1.82. The van der Waals surface area contributed by atoms with E-state index in [0.29, 0.717) is 18.2 Å². The summed E-state index contributed by atoms with van der Waals surface area (Å²) in [7, 11) is 0. The number of hydrogen-bond acceptors (Lipinski definition) is 4. The molecule has 1 aromatic heterocycles. The van der Waals surface area contributed by atoms with Gasteiger partial charge in [0.05, 0.1) is 6.10 Å². The van der Waals surface area contributed by atoms with Crippen LogP contribution in [0.25, 0.3) is 0 Å². The number of rotatable bonds is 6. The normalized spacial score (nSPS) is 12.4. The molecule has 1 unspecified atom stereocenters. The second-order valence-corrected chi connectivity index (χ2v) is 5.30. The smallest absolute Gasteiger partial charge is 0.218 e. The van der Waals surface area contributed by atoms with Crippen LogP contribution >= 0.6 is 0 Å². The first kappa shape index (κ1) is 15.3. The lowest BCUT2D eigenvalue weighted by Crippen LogP contribution is -2.19. The quantitative estimate of drug-likeness (QED) is 0.854. The number of benzene rings is 1. The van der Waals surface area contributed by atoms with Gasteiger partial charge in [0.15, 0.2) is 0 Å². The van der Waals surface area contributed by atoms with Gasteiger partial charge in [-0.3, -0.25) is 0 Å². The molecule has 0 aliphatic carbocycles. The van der Waals surface area contributed by atoms with Crippen LogP contribution in [0.2, 0.25) is 0 Å². The maximum atomic E-state index is 9.87. The minimum Gasteiger partial charge on any atom is -0.508 e. The highest BCUT2D eigenvalue weighted by Crippen LogP contribution is 2.24. The first-order chi connectivity index (χ1) is 10.1. The van der Waals surface area contributed by atoms with E-state index in [-0.39, 0.29) is 12.1 Å². The Hall–Kier alpha value is -2.07. The van der Waals surface area contributed by atoms with Crippen molar-refractivity contribution in [3.63, 3.8) is 0 Å². The molecule has 1 atom stereocenters. The van der Waals surface area contributed by atoms with Crippen LogP contribution in [-0.2, 0) is 6.54 Å². The molecule has 0 amide bonds. The molecule has 4 nitrogen and oxygen atoms in total. The Bertz CT molecular complexity index is 585. The highest BCUT2D eigenvalue weighted by atomic mass is 16.5. The Morgan fingerprint density at radius 1 is 1.14 bits per heavy atom. The van der Waals surface area contributed by atoms with Crippen molar-refractivity contribution < 1.29 is 9.84 Å². The van der Waals surface area contributed by atoms with Gasteiger partial charge in [-0.25, -0.2) is 4.98 Å². The van der Waals surface area contributed by atoms with Gasteiger partial charge in [-0.1, -0.05) is 24.3 Å². The summed E-state index contributed by atoms with van der Waals surface area (Å²) in [6, 6.07) is 11.3. The molecule has 2 rings (SSSR count). The van der Waals surface area contributed by atoms with E-state index in [2.05, 4.69) is 10.3 Å². The molecule has 0 fully saturated rings. The van der Waals surface area contributed by atoms with Crippen LogP contribution in [0, 0.1) is 0 Å². The summed E-state index contributed by atoms with van der Waals surface area (Å²) in [4.78, 5) is 4.28. The fourth-order valence-electron chi connectivity index (χ4n) is 2.11. The molecule has 0 radical (unpaired) electrons. The summed E-state index contributed by atoms with van der Waals surface area (Å²) in [5.74, 6) is 0.965. The van der Waals surface area contributed by atoms with E-state index in [4.69, 9.17) is 4.74 Å². The third kappa shape index (κ3) is 4.20. The molecular formula is C17H22N2O2. The van der Waals surface area contributed by atoms with Crippen LogP contribution < -0.4 is 10.1 Å². The van der Waals surface area contributed by atoms with Crippen LogP contribution in [0.1, 0.15) is 37.9 Å². The van der Waals surface area contributed by atoms with Crippen LogP contribution in [0.5, 0.6) is 11.6 Å². The van der Waals surface area contributed by atoms with E-state index >= 15 is 0 Å². The molecule has 2 aromatic rings. The molecule has 0 saturated heterocycles. The lowest BCUT2D eigenvalue weighted by molar-refractivity contribution is 0.229.